The topological polar surface area (TPSA) is 63.6 Å². The number of methoxy groups -OCH3 is 1. The summed E-state index contributed by atoms with van der Waals surface area (Å²) in [6, 6.07) is 4.31. The van der Waals surface area contributed by atoms with E-state index in [1.54, 1.807) is 7.11 Å². The molecule has 0 unspecified atom stereocenters. The van der Waals surface area contributed by atoms with E-state index in [9.17, 15) is 14.7 Å². The second-order valence-electron chi connectivity index (χ2n) is 11.1. The third-order valence-electron chi connectivity index (χ3n) is 9.12. The Morgan fingerprint density at radius 2 is 2.00 bits per heavy atom. The first-order chi connectivity index (χ1) is 15.9. The molecule has 0 aliphatic heterocycles. The Bertz CT molecular complexity index is 875. The minimum Gasteiger partial charge on any atom is -0.508 e. The van der Waals surface area contributed by atoms with E-state index in [4.69, 9.17) is 4.74 Å². The quantitative estimate of drug-likeness (QED) is 0.430. The fraction of sp³-hybridized carbons (Fsp3) is 0.724. The van der Waals surface area contributed by atoms with Crippen LogP contribution in [0.2, 0.25) is 0 Å². The Balaban J connectivity index is 1.49. The molecular formula is C29H42O4. The molecule has 5 atom stereocenters. The Morgan fingerprint density at radius 3 is 2.76 bits per heavy atom. The molecule has 2 saturated carbocycles. The van der Waals surface area contributed by atoms with Gasteiger partial charge >= 0.3 is 0 Å². The number of carbonyl (C=O) groups excluding carboxylic acids is 2. The van der Waals surface area contributed by atoms with Crippen LogP contribution >= 0.6 is 0 Å². The number of hydrogen-bond acceptors (Lipinski definition) is 4. The van der Waals surface area contributed by atoms with Gasteiger partial charge in [-0.1, -0.05) is 26.3 Å². The Labute approximate surface area is 199 Å². The fourth-order valence-electron chi connectivity index (χ4n) is 7.55. The lowest BCUT2D eigenvalue weighted by molar-refractivity contribution is -0.129. The summed E-state index contributed by atoms with van der Waals surface area (Å²) in [5, 5.41) is 10.5. The molecule has 33 heavy (non-hydrogen) atoms. The molecule has 4 rings (SSSR count). The van der Waals surface area contributed by atoms with Crippen molar-refractivity contribution in [3.05, 3.63) is 28.8 Å². The van der Waals surface area contributed by atoms with Gasteiger partial charge in [0, 0.05) is 38.4 Å². The lowest BCUT2D eigenvalue weighted by Gasteiger charge is -2.50. The first-order valence-electron chi connectivity index (χ1n) is 13.3. The number of carbonyl (C=O) groups is 2. The van der Waals surface area contributed by atoms with Crippen LogP contribution in [0.4, 0.5) is 0 Å². The van der Waals surface area contributed by atoms with Crippen LogP contribution in [0.25, 0.3) is 0 Å². The van der Waals surface area contributed by atoms with Gasteiger partial charge in [0.25, 0.3) is 0 Å². The summed E-state index contributed by atoms with van der Waals surface area (Å²) in [6.45, 7) is 5.04. The molecule has 3 aliphatic carbocycles. The Morgan fingerprint density at radius 1 is 1.21 bits per heavy atom. The van der Waals surface area contributed by atoms with Gasteiger partial charge < -0.3 is 9.84 Å². The molecule has 3 aliphatic rings. The number of hydrogen-bond donors (Lipinski definition) is 1. The second kappa shape index (κ2) is 10.3. The summed E-state index contributed by atoms with van der Waals surface area (Å²) in [7, 11) is 1.67. The van der Waals surface area contributed by atoms with Crippen molar-refractivity contribution >= 4 is 11.6 Å². The number of phenolic OH excluding ortho intramolecular Hbond substituents is 1. The third-order valence-corrected chi connectivity index (χ3v) is 9.12. The summed E-state index contributed by atoms with van der Waals surface area (Å²) in [6.07, 6.45) is 10.8. The highest BCUT2D eigenvalue weighted by atomic mass is 16.5. The van der Waals surface area contributed by atoms with E-state index < -0.39 is 0 Å². The standard InChI is InChI=1S/C29H42O4/c1-4-7-20-16-25-19(17-26(20)31)11-12-24-23(25)13-14-29(2)27(32)18-21(28(24)29)8-5-9-22(30)10-6-15-33-3/h16-17,21,23-24,28,31H,4-15,18H2,1-3H3/t21-,23+,24-,28+,29-/m1/s1. The van der Waals surface area contributed by atoms with E-state index in [0.29, 0.717) is 66.9 Å². The zero-order valence-corrected chi connectivity index (χ0v) is 20.8. The molecule has 182 valence electrons. The number of fused-ring (bicyclic) bond motifs is 5. The van der Waals surface area contributed by atoms with Crippen LogP contribution in [0.3, 0.4) is 0 Å². The highest BCUT2D eigenvalue weighted by Crippen LogP contribution is 2.62. The van der Waals surface area contributed by atoms with Gasteiger partial charge in [-0.15, -0.1) is 0 Å². The number of aryl methyl sites for hydroxylation is 2. The maximum Gasteiger partial charge on any atom is 0.139 e. The zero-order valence-electron chi connectivity index (χ0n) is 20.8. The van der Waals surface area contributed by atoms with Crippen molar-refractivity contribution in [1.82, 2.24) is 0 Å². The molecule has 0 aromatic heterocycles. The van der Waals surface area contributed by atoms with Gasteiger partial charge in [0.05, 0.1) is 0 Å². The van der Waals surface area contributed by atoms with Gasteiger partial charge in [0.1, 0.15) is 17.3 Å². The number of rotatable bonds is 10. The van der Waals surface area contributed by atoms with Crippen molar-refractivity contribution in [3.8, 4) is 5.75 Å². The predicted octanol–water partition coefficient (Wildman–Crippen LogP) is 6.16. The molecule has 1 aromatic rings. The van der Waals surface area contributed by atoms with Crippen LogP contribution in [0.15, 0.2) is 12.1 Å². The van der Waals surface area contributed by atoms with E-state index in [2.05, 4.69) is 19.9 Å². The van der Waals surface area contributed by atoms with Gasteiger partial charge in [-0.3, -0.25) is 9.59 Å². The lowest BCUT2D eigenvalue weighted by atomic mass is 9.54. The number of phenols is 1. The maximum absolute atomic E-state index is 13.2. The van der Waals surface area contributed by atoms with E-state index in [1.807, 2.05) is 6.07 Å². The second-order valence-corrected chi connectivity index (χ2v) is 11.1. The van der Waals surface area contributed by atoms with Crippen LogP contribution in [-0.2, 0) is 27.2 Å². The fourth-order valence-corrected chi connectivity index (χ4v) is 7.55. The number of ketones is 2. The molecule has 1 N–H and O–H groups in total. The predicted molar refractivity (Wildman–Crippen MR) is 131 cm³/mol. The summed E-state index contributed by atoms with van der Waals surface area (Å²) in [5.74, 6) is 3.15. The molecule has 0 spiro atoms. The molecule has 0 heterocycles. The van der Waals surface area contributed by atoms with Crippen LogP contribution < -0.4 is 0 Å². The molecule has 4 nitrogen and oxygen atoms in total. The molecular weight excluding hydrogens is 412 g/mol. The summed E-state index contributed by atoms with van der Waals surface area (Å²) < 4.78 is 5.06. The van der Waals surface area contributed by atoms with Crippen LogP contribution in [0.5, 0.6) is 5.75 Å². The zero-order chi connectivity index (χ0) is 23.6. The third kappa shape index (κ3) is 4.78. The van der Waals surface area contributed by atoms with Gasteiger partial charge in [-0.2, -0.15) is 0 Å². The van der Waals surface area contributed by atoms with Crippen molar-refractivity contribution < 1.29 is 19.4 Å². The van der Waals surface area contributed by atoms with Crippen LogP contribution in [0, 0.1) is 23.2 Å². The normalized spacial score (nSPS) is 30.6. The largest absolute Gasteiger partial charge is 0.508 e. The summed E-state index contributed by atoms with van der Waals surface area (Å²) in [5.41, 5.74) is 3.66. The minimum atomic E-state index is -0.186. The van der Waals surface area contributed by atoms with Crippen molar-refractivity contribution in [3.63, 3.8) is 0 Å². The maximum atomic E-state index is 13.2. The van der Waals surface area contributed by atoms with Gasteiger partial charge in [-0.05, 0) is 97.8 Å². The first-order valence-corrected chi connectivity index (χ1v) is 13.3. The van der Waals surface area contributed by atoms with Crippen molar-refractivity contribution in [2.75, 3.05) is 13.7 Å². The van der Waals surface area contributed by atoms with E-state index in [1.165, 1.54) is 11.1 Å². The Kier molecular flexibility index (Phi) is 7.63. The molecule has 0 amide bonds. The average molecular weight is 455 g/mol. The van der Waals surface area contributed by atoms with Crippen molar-refractivity contribution in [2.45, 2.75) is 96.8 Å². The molecule has 0 bridgehead atoms. The van der Waals surface area contributed by atoms with E-state index in [0.717, 1.165) is 63.4 Å². The van der Waals surface area contributed by atoms with Gasteiger partial charge in [0.15, 0.2) is 0 Å². The number of ether oxygens (including phenoxy) is 1. The van der Waals surface area contributed by atoms with Crippen molar-refractivity contribution in [2.24, 2.45) is 23.2 Å². The number of benzene rings is 1. The van der Waals surface area contributed by atoms with Crippen LogP contribution in [-0.4, -0.2) is 30.4 Å². The summed E-state index contributed by atoms with van der Waals surface area (Å²) >= 11 is 0. The van der Waals surface area contributed by atoms with Crippen LogP contribution in [0.1, 0.15) is 101 Å². The number of Topliss-reactive ketones (excluding diaryl/α,β-unsaturated/α-hetero) is 2. The van der Waals surface area contributed by atoms with Gasteiger partial charge in [0.2, 0.25) is 0 Å². The molecule has 2 fully saturated rings. The molecule has 0 radical (unpaired) electrons. The van der Waals surface area contributed by atoms with Crippen molar-refractivity contribution in [1.29, 1.82) is 0 Å². The molecule has 4 heteroatoms. The highest BCUT2D eigenvalue weighted by Gasteiger charge is 2.58. The summed E-state index contributed by atoms with van der Waals surface area (Å²) in [4.78, 5) is 25.4. The molecule has 0 saturated heterocycles. The van der Waals surface area contributed by atoms with Gasteiger partial charge in [-0.25, -0.2) is 0 Å². The van der Waals surface area contributed by atoms with E-state index >= 15 is 0 Å². The lowest BCUT2D eigenvalue weighted by Crippen LogP contribution is -2.44. The monoisotopic (exact) mass is 454 g/mol. The highest BCUT2D eigenvalue weighted by molar-refractivity contribution is 5.87. The minimum absolute atomic E-state index is 0.186. The van der Waals surface area contributed by atoms with E-state index in [-0.39, 0.29) is 5.41 Å². The first kappa shape index (κ1) is 24.4. The average Bonchev–Trinajstić information content (AvgIpc) is 3.04. The smallest absolute Gasteiger partial charge is 0.139 e. The number of aromatic hydroxyl groups is 1. The molecule has 1 aromatic carbocycles. The Hall–Kier alpha value is -1.68. The SMILES string of the molecule is CCCc1cc2c(cc1O)CC[C@H]1[C@@H]3[C@H](CCCC(=O)CCCOC)CC(=O)[C@@]3(C)CC[C@H]21.